The number of halogens is 3. The first-order valence-electron chi connectivity index (χ1n) is 15.5. The molecule has 48 heavy (non-hydrogen) atoms. The van der Waals surface area contributed by atoms with Crippen LogP contribution in [0, 0.1) is 12.8 Å². The van der Waals surface area contributed by atoms with Crippen molar-refractivity contribution >= 4 is 40.6 Å². The number of urea groups is 1. The zero-order valence-corrected chi connectivity index (χ0v) is 28.1. The molecule has 256 valence electrons. The molecule has 1 saturated heterocycles. The van der Waals surface area contributed by atoms with Crippen molar-refractivity contribution in [2.45, 2.75) is 69.3 Å². The van der Waals surface area contributed by atoms with Gasteiger partial charge in [-0.2, -0.15) is 18.2 Å². The van der Waals surface area contributed by atoms with Crippen LogP contribution >= 0.6 is 22.7 Å². The summed E-state index contributed by atoms with van der Waals surface area (Å²) in [6.45, 7) is 2.50. The number of alkyl halides is 3. The fourth-order valence-electron chi connectivity index (χ4n) is 5.98. The Morgan fingerprint density at radius 3 is 2.58 bits per heavy atom. The lowest BCUT2D eigenvalue weighted by Crippen LogP contribution is -2.60. The highest BCUT2D eigenvalue weighted by Crippen LogP contribution is 2.46. The SMILES string of the molecule is COC(=O)[C@@]12C[C@H]1/C=C\CCCCN(C)C(=O)N1CC[C@H](Oc3cc(-c4nc(C)cs4)nc(-c4nc(C(F)(F)F)cs4)n3)C[C@H]1C(=O)N2. The number of aryl methyl sites for hydroxylation is 1. The van der Waals surface area contributed by atoms with E-state index < -0.39 is 41.4 Å². The number of aromatic nitrogens is 4. The van der Waals surface area contributed by atoms with Crippen LogP contribution in [0.1, 0.15) is 49.9 Å². The summed E-state index contributed by atoms with van der Waals surface area (Å²) in [6.07, 6.45) is 1.92. The maximum atomic E-state index is 14.0. The largest absolute Gasteiger partial charge is 0.474 e. The molecule has 17 heteroatoms. The Morgan fingerprint density at radius 1 is 1.08 bits per heavy atom. The molecular weight excluding hydrogens is 672 g/mol. The second kappa shape index (κ2) is 13.4. The van der Waals surface area contributed by atoms with E-state index >= 15 is 0 Å². The van der Waals surface area contributed by atoms with Crippen LogP contribution in [0.15, 0.2) is 29.0 Å². The topological polar surface area (TPSA) is 140 Å². The molecule has 2 fully saturated rings. The van der Waals surface area contributed by atoms with Crippen molar-refractivity contribution < 1.29 is 37.0 Å². The van der Waals surface area contributed by atoms with Crippen molar-refractivity contribution in [1.29, 1.82) is 0 Å². The second-order valence-corrected chi connectivity index (χ2v) is 13.8. The van der Waals surface area contributed by atoms with E-state index in [1.54, 1.807) is 18.0 Å². The van der Waals surface area contributed by atoms with Gasteiger partial charge in [0, 0.05) is 61.4 Å². The zero-order chi connectivity index (χ0) is 34.2. The van der Waals surface area contributed by atoms with Gasteiger partial charge in [-0.05, 0) is 32.6 Å². The van der Waals surface area contributed by atoms with Crippen LogP contribution in [0.25, 0.3) is 21.5 Å². The van der Waals surface area contributed by atoms with Gasteiger partial charge in [-0.3, -0.25) is 4.79 Å². The van der Waals surface area contributed by atoms with E-state index in [4.69, 9.17) is 9.47 Å². The third-order valence-corrected chi connectivity index (χ3v) is 10.5. The summed E-state index contributed by atoms with van der Waals surface area (Å²) in [4.78, 5) is 60.6. The van der Waals surface area contributed by atoms with Crippen molar-refractivity contribution in [3.05, 3.63) is 40.4 Å². The van der Waals surface area contributed by atoms with Crippen molar-refractivity contribution in [2.24, 2.45) is 5.92 Å². The molecule has 3 aromatic rings. The summed E-state index contributed by atoms with van der Waals surface area (Å²) in [5.74, 6) is -1.28. The third kappa shape index (κ3) is 7.02. The lowest BCUT2D eigenvalue weighted by molar-refractivity contribution is -0.147. The Labute approximate surface area is 282 Å². The first kappa shape index (κ1) is 33.8. The lowest BCUT2D eigenvalue weighted by atomic mass is 9.98. The average Bonchev–Trinajstić information content (AvgIpc) is 3.36. The van der Waals surface area contributed by atoms with Gasteiger partial charge in [0.1, 0.15) is 28.4 Å². The number of carbonyl (C=O) groups excluding carboxylic acids is 3. The van der Waals surface area contributed by atoms with Gasteiger partial charge in [-0.1, -0.05) is 12.2 Å². The number of piperidine rings is 1. The number of thiazole rings is 2. The molecule has 2 aliphatic heterocycles. The second-order valence-electron chi connectivity index (χ2n) is 12.1. The minimum atomic E-state index is -4.63. The Kier molecular flexibility index (Phi) is 9.44. The van der Waals surface area contributed by atoms with Crippen molar-refractivity contribution in [2.75, 3.05) is 27.2 Å². The van der Waals surface area contributed by atoms with E-state index in [1.807, 2.05) is 24.5 Å². The van der Waals surface area contributed by atoms with Crippen LogP contribution in [0.2, 0.25) is 0 Å². The number of carbonyl (C=O) groups is 3. The number of amides is 3. The molecular formula is C31H34F3N7O5S2. The summed E-state index contributed by atoms with van der Waals surface area (Å²) in [5.41, 5.74) is -1.18. The van der Waals surface area contributed by atoms with Gasteiger partial charge in [0.25, 0.3) is 0 Å². The van der Waals surface area contributed by atoms with Crippen LogP contribution in [-0.2, 0) is 20.5 Å². The van der Waals surface area contributed by atoms with Gasteiger partial charge in [0.15, 0.2) is 16.5 Å². The highest BCUT2D eigenvalue weighted by Gasteiger charge is 2.62. The number of hydrogen-bond donors (Lipinski definition) is 1. The van der Waals surface area contributed by atoms with Crippen LogP contribution in [0.4, 0.5) is 18.0 Å². The molecule has 3 aliphatic rings. The normalized spacial score (nSPS) is 25.8. The number of methoxy groups -OCH3 is 1. The van der Waals surface area contributed by atoms with Gasteiger partial charge in [0.05, 0.1) is 7.11 Å². The minimum absolute atomic E-state index is 0.0442. The molecule has 0 aromatic carbocycles. The molecule has 3 aromatic heterocycles. The number of nitrogens with one attached hydrogen (secondary N) is 1. The van der Waals surface area contributed by atoms with Gasteiger partial charge in [-0.15, -0.1) is 22.7 Å². The van der Waals surface area contributed by atoms with E-state index in [2.05, 4.69) is 25.3 Å². The molecule has 0 radical (unpaired) electrons. The highest BCUT2D eigenvalue weighted by molar-refractivity contribution is 7.13. The molecule has 3 amide bonds. The molecule has 1 saturated carbocycles. The fourth-order valence-corrected chi connectivity index (χ4v) is 7.49. The molecule has 12 nitrogen and oxygen atoms in total. The average molecular weight is 706 g/mol. The summed E-state index contributed by atoms with van der Waals surface area (Å²) < 4.78 is 51.4. The minimum Gasteiger partial charge on any atom is -0.474 e. The molecule has 0 bridgehead atoms. The Hall–Kier alpha value is -4.12. The first-order chi connectivity index (χ1) is 22.9. The van der Waals surface area contributed by atoms with E-state index in [0.29, 0.717) is 30.1 Å². The predicted molar refractivity (Wildman–Crippen MR) is 170 cm³/mol. The van der Waals surface area contributed by atoms with Crippen molar-refractivity contribution in [1.82, 2.24) is 35.1 Å². The molecule has 6 rings (SSSR count). The van der Waals surface area contributed by atoms with Crippen LogP contribution in [0.3, 0.4) is 0 Å². The Morgan fingerprint density at radius 2 is 1.88 bits per heavy atom. The van der Waals surface area contributed by atoms with E-state index in [1.165, 1.54) is 23.3 Å². The number of nitrogens with zero attached hydrogens (tertiary/aromatic N) is 6. The Bertz CT molecular complexity index is 1730. The monoisotopic (exact) mass is 705 g/mol. The van der Waals surface area contributed by atoms with Crippen LogP contribution in [0.5, 0.6) is 5.88 Å². The van der Waals surface area contributed by atoms with Crippen LogP contribution < -0.4 is 10.1 Å². The highest BCUT2D eigenvalue weighted by atomic mass is 32.1. The Balaban J connectivity index is 1.30. The predicted octanol–water partition coefficient (Wildman–Crippen LogP) is 5.10. The zero-order valence-electron chi connectivity index (χ0n) is 26.5. The molecule has 1 aliphatic carbocycles. The van der Waals surface area contributed by atoms with Gasteiger partial charge < -0.3 is 24.6 Å². The maximum Gasteiger partial charge on any atom is 0.434 e. The standard InChI is InChI=1S/C31H34F3N7O5S2/c1-17-15-47-26(35-17)20-13-23(38-24(36-20)27-37-22(16-48-27)31(32,33)34)46-19-9-11-41-21(12-19)25(42)39-30(28(43)45-3)14-18(30)8-6-4-5-7-10-40(2)29(41)44/h6,8,13,15-16,18-19,21H,4-5,7,9-12,14H2,1-3H3,(H,39,42)/b8-6-/t18-,19+,21+,30-/m1/s1. The van der Waals surface area contributed by atoms with E-state index in [9.17, 15) is 27.6 Å². The van der Waals surface area contributed by atoms with E-state index in [0.717, 1.165) is 41.7 Å². The first-order valence-corrected chi connectivity index (χ1v) is 17.2. The molecule has 1 N–H and O–H groups in total. The molecule has 0 unspecified atom stereocenters. The van der Waals surface area contributed by atoms with Gasteiger partial charge in [0.2, 0.25) is 11.8 Å². The molecule has 5 heterocycles. The summed E-state index contributed by atoms with van der Waals surface area (Å²) in [7, 11) is 2.97. The number of allylic oxidation sites excluding steroid dienone is 1. The number of ether oxygens (including phenoxy) is 2. The number of fused-ring (bicyclic) bond motifs is 2. The van der Waals surface area contributed by atoms with Gasteiger partial charge >= 0.3 is 18.2 Å². The summed E-state index contributed by atoms with van der Waals surface area (Å²) >= 11 is 2.07. The van der Waals surface area contributed by atoms with Crippen LogP contribution in [-0.4, -0.2) is 92.6 Å². The summed E-state index contributed by atoms with van der Waals surface area (Å²) in [5, 5.41) is 6.10. The smallest absolute Gasteiger partial charge is 0.434 e. The fraction of sp³-hybridized carbons (Fsp3) is 0.516. The molecule has 4 atom stereocenters. The lowest BCUT2D eigenvalue weighted by Gasteiger charge is -2.40. The number of rotatable bonds is 5. The number of hydrogen-bond acceptors (Lipinski definition) is 11. The van der Waals surface area contributed by atoms with Crippen molar-refractivity contribution in [3.8, 4) is 27.4 Å². The quantitative estimate of drug-likeness (QED) is 0.284. The molecule has 0 spiro atoms. The van der Waals surface area contributed by atoms with E-state index in [-0.39, 0.29) is 41.6 Å². The summed E-state index contributed by atoms with van der Waals surface area (Å²) in [6, 6.07) is 0.256. The van der Waals surface area contributed by atoms with Gasteiger partial charge in [-0.25, -0.2) is 24.5 Å². The maximum absolute atomic E-state index is 14.0. The van der Waals surface area contributed by atoms with Crippen molar-refractivity contribution in [3.63, 3.8) is 0 Å². The third-order valence-electron chi connectivity index (χ3n) is 8.64. The number of esters is 1.